The van der Waals surface area contributed by atoms with Crippen molar-refractivity contribution >= 4 is 15.7 Å². The van der Waals surface area contributed by atoms with Gasteiger partial charge >= 0.3 is 5.69 Å². The number of hydrogen-bond acceptors (Lipinski definition) is 4. The molecular weight excluding hydrogens is 251 g/mol. The number of benzene rings is 1. The summed E-state index contributed by atoms with van der Waals surface area (Å²) in [6.45, 7) is 1.71. The van der Waals surface area contributed by atoms with Crippen LogP contribution in [0.15, 0.2) is 23.1 Å². The highest BCUT2D eigenvalue weighted by molar-refractivity contribution is 7.89. The number of sulfonamides is 1. The zero-order valence-corrected chi connectivity index (χ0v) is 10.1. The Morgan fingerprint density at radius 1 is 1.47 bits per heavy atom. The maximum Gasteiger partial charge on any atom is 0.324 e. The van der Waals surface area contributed by atoms with Crippen LogP contribution in [0, 0.1) is 15.9 Å². The summed E-state index contributed by atoms with van der Waals surface area (Å²) in [5, 5.41) is 10.7. The maximum absolute atomic E-state index is 13.3. The van der Waals surface area contributed by atoms with E-state index in [1.54, 1.807) is 6.92 Å². The molecule has 0 radical (unpaired) electrons. The van der Waals surface area contributed by atoms with E-state index in [0.29, 0.717) is 0 Å². The molecule has 17 heavy (non-hydrogen) atoms. The first-order valence-electron chi connectivity index (χ1n) is 4.71. The summed E-state index contributed by atoms with van der Waals surface area (Å²) in [6, 6.07) is 2.99. The molecule has 0 aliphatic rings. The second kappa shape index (κ2) is 4.76. The molecule has 0 amide bonds. The maximum atomic E-state index is 13.3. The molecule has 0 N–H and O–H groups in total. The van der Waals surface area contributed by atoms with Gasteiger partial charge in [0.15, 0.2) is 4.90 Å². The Morgan fingerprint density at radius 2 is 2.06 bits per heavy atom. The normalized spacial score (nSPS) is 11.8. The first-order chi connectivity index (χ1) is 7.82. The summed E-state index contributed by atoms with van der Waals surface area (Å²) in [7, 11) is -2.77. The fraction of sp³-hybridized carbons (Fsp3) is 0.333. The van der Waals surface area contributed by atoms with Gasteiger partial charge in [0.25, 0.3) is 0 Å². The first-order valence-corrected chi connectivity index (χ1v) is 6.15. The van der Waals surface area contributed by atoms with Crippen LogP contribution in [0.1, 0.15) is 6.92 Å². The molecule has 8 heteroatoms. The number of rotatable bonds is 4. The molecule has 1 aromatic carbocycles. The Balaban J connectivity index is 3.53. The molecule has 0 fully saturated rings. The number of nitrogens with zero attached hydrogens (tertiary/aromatic N) is 2. The second-order valence-electron chi connectivity index (χ2n) is 3.26. The topological polar surface area (TPSA) is 80.5 Å². The molecule has 0 atom stereocenters. The average molecular weight is 262 g/mol. The highest BCUT2D eigenvalue weighted by atomic mass is 32.2. The molecule has 0 spiro atoms. The van der Waals surface area contributed by atoms with Crippen molar-refractivity contribution in [1.29, 1.82) is 0 Å². The summed E-state index contributed by atoms with van der Waals surface area (Å²) in [6.07, 6.45) is 0. The lowest BCUT2D eigenvalue weighted by molar-refractivity contribution is -0.390. The predicted octanol–water partition coefficient (Wildman–Crippen LogP) is 1.37. The number of nitro groups is 1. The molecule has 0 aromatic heterocycles. The third-order valence-electron chi connectivity index (χ3n) is 2.27. The van der Waals surface area contributed by atoms with E-state index in [1.165, 1.54) is 7.05 Å². The van der Waals surface area contributed by atoms with E-state index in [2.05, 4.69) is 0 Å². The lowest BCUT2D eigenvalue weighted by Gasteiger charge is -2.14. The van der Waals surface area contributed by atoms with E-state index in [-0.39, 0.29) is 6.54 Å². The molecule has 0 heterocycles. The summed E-state index contributed by atoms with van der Waals surface area (Å²) >= 11 is 0. The third-order valence-corrected chi connectivity index (χ3v) is 4.23. The Bertz CT molecular complexity index is 544. The van der Waals surface area contributed by atoms with Gasteiger partial charge in [0.1, 0.15) is 0 Å². The minimum atomic E-state index is -4.04. The fourth-order valence-corrected chi connectivity index (χ4v) is 2.56. The quantitative estimate of drug-likeness (QED) is 0.606. The lowest BCUT2D eigenvalue weighted by Crippen LogP contribution is -2.27. The Hall–Kier alpha value is -1.54. The smallest absolute Gasteiger partial charge is 0.258 e. The molecule has 0 saturated carbocycles. The van der Waals surface area contributed by atoms with Crippen LogP contribution in [0.2, 0.25) is 0 Å². The SMILES string of the molecule is CCN(C)S(=O)(=O)c1cccc(F)c1[N+](=O)[O-]. The van der Waals surface area contributed by atoms with E-state index in [4.69, 9.17) is 0 Å². The number of nitro benzene ring substituents is 1. The van der Waals surface area contributed by atoms with Gasteiger partial charge in [-0.05, 0) is 12.1 Å². The third kappa shape index (κ3) is 2.42. The van der Waals surface area contributed by atoms with Crippen LogP contribution in [-0.4, -0.2) is 31.2 Å². The van der Waals surface area contributed by atoms with E-state index in [0.717, 1.165) is 22.5 Å². The summed E-state index contributed by atoms with van der Waals surface area (Å²) in [5.74, 6) is -1.17. The van der Waals surface area contributed by atoms with Gasteiger partial charge in [0.2, 0.25) is 15.8 Å². The molecular formula is C9H11FN2O4S. The molecule has 1 aromatic rings. The van der Waals surface area contributed by atoms with Crippen molar-refractivity contribution in [2.24, 2.45) is 0 Å². The van der Waals surface area contributed by atoms with Gasteiger partial charge in [0.05, 0.1) is 4.92 Å². The minimum Gasteiger partial charge on any atom is -0.258 e. The molecule has 0 unspecified atom stereocenters. The first kappa shape index (κ1) is 13.5. The molecule has 0 bridgehead atoms. The summed E-state index contributed by atoms with van der Waals surface area (Å²) in [5.41, 5.74) is -1.02. The standard InChI is InChI=1S/C9H11FN2O4S/c1-3-11(2)17(15,16)8-6-4-5-7(10)9(8)12(13)14/h4-6H,3H2,1-2H3. The van der Waals surface area contributed by atoms with Crippen molar-refractivity contribution in [3.63, 3.8) is 0 Å². The van der Waals surface area contributed by atoms with Crippen LogP contribution >= 0.6 is 0 Å². The van der Waals surface area contributed by atoms with Gasteiger partial charge in [-0.1, -0.05) is 13.0 Å². The Morgan fingerprint density at radius 3 is 2.53 bits per heavy atom. The molecule has 0 aliphatic heterocycles. The van der Waals surface area contributed by atoms with Crippen molar-refractivity contribution in [3.8, 4) is 0 Å². The molecule has 94 valence electrons. The fourth-order valence-electron chi connectivity index (χ4n) is 1.22. The number of para-hydroxylation sites is 1. The van der Waals surface area contributed by atoms with E-state index in [1.807, 2.05) is 0 Å². The average Bonchev–Trinajstić information content (AvgIpc) is 2.26. The van der Waals surface area contributed by atoms with Gasteiger partial charge in [-0.15, -0.1) is 0 Å². The Labute approximate surface area is 97.9 Å². The van der Waals surface area contributed by atoms with Gasteiger partial charge in [-0.2, -0.15) is 4.39 Å². The monoisotopic (exact) mass is 262 g/mol. The molecule has 6 nitrogen and oxygen atoms in total. The van der Waals surface area contributed by atoms with Crippen molar-refractivity contribution in [2.75, 3.05) is 13.6 Å². The largest absolute Gasteiger partial charge is 0.324 e. The van der Waals surface area contributed by atoms with Crippen molar-refractivity contribution < 1.29 is 17.7 Å². The highest BCUT2D eigenvalue weighted by Crippen LogP contribution is 2.28. The van der Waals surface area contributed by atoms with Gasteiger partial charge < -0.3 is 0 Å². The van der Waals surface area contributed by atoms with Crippen molar-refractivity contribution in [1.82, 2.24) is 4.31 Å². The molecule has 0 saturated heterocycles. The van der Waals surface area contributed by atoms with E-state index >= 15 is 0 Å². The van der Waals surface area contributed by atoms with Crippen LogP contribution in [0.25, 0.3) is 0 Å². The van der Waals surface area contributed by atoms with Gasteiger partial charge in [-0.3, -0.25) is 10.1 Å². The van der Waals surface area contributed by atoms with Crippen molar-refractivity contribution in [2.45, 2.75) is 11.8 Å². The van der Waals surface area contributed by atoms with E-state index in [9.17, 15) is 22.9 Å². The van der Waals surface area contributed by atoms with Crippen LogP contribution in [0.3, 0.4) is 0 Å². The van der Waals surface area contributed by atoms with Crippen LogP contribution in [-0.2, 0) is 10.0 Å². The Kier molecular flexibility index (Phi) is 3.79. The zero-order valence-electron chi connectivity index (χ0n) is 9.25. The second-order valence-corrected chi connectivity index (χ2v) is 5.28. The number of halogens is 1. The van der Waals surface area contributed by atoms with Gasteiger partial charge in [-0.25, -0.2) is 12.7 Å². The van der Waals surface area contributed by atoms with Crippen molar-refractivity contribution in [3.05, 3.63) is 34.1 Å². The van der Waals surface area contributed by atoms with Crippen LogP contribution < -0.4 is 0 Å². The van der Waals surface area contributed by atoms with Crippen LogP contribution in [0.5, 0.6) is 0 Å². The van der Waals surface area contributed by atoms with Crippen LogP contribution in [0.4, 0.5) is 10.1 Å². The van der Waals surface area contributed by atoms with E-state index < -0.39 is 31.3 Å². The van der Waals surface area contributed by atoms with Gasteiger partial charge in [0, 0.05) is 13.6 Å². The molecule has 0 aliphatic carbocycles. The lowest BCUT2D eigenvalue weighted by atomic mass is 10.3. The molecule has 1 rings (SSSR count). The summed E-state index contributed by atoms with van der Waals surface area (Å²) in [4.78, 5) is 9.01. The summed E-state index contributed by atoms with van der Waals surface area (Å²) < 4.78 is 38.0. The minimum absolute atomic E-state index is 0.135. The zero-order chi connectivity index (χ0) is 13.2. The number of hydrogen-bond donors (Lipinski definition) is 0. The highest BCUT2D eigenvalue weighted by Gasteiger charge is 2.31. The predicted molar refractivity (Wildman–Crippen MR) is 58.5 cm³/mol.